The summed E-state index contributed by atoms with van der Waals surface area (Å²) in [6.45, 7) is 17.5. The molecular formula is C19H36O6Si. The number of methoxy groups -OCH3 is 1. The second kappa shape index (κ2) is 12.4. The lowest BCUT2D eigenvalue weighted by atomic mass is 10.2. The van der Waals surface area contributed by atoms with Crippen molar-refractivity contribution in [2.24, 2.45) is 0 Å². The van der Waals surface area contributed by atoms with Crippen molar-refractivity contribution in [3.8, 4) is 0 Å². The Kier molecular flexibility index (Phi) is 11.9. The molecule has 0 saturated heterocycles. The van der Waals surface area contributed by atoms with Gasteiger partial charge in [-0.2, -0.15) is 0 Å². The first-order chi connectivity index (χ1) is 12.0. The summed E-state index contributed by atoms with van der Waals surface area (Å²) in [5.41, 5.74) is 0. The molecule has 6 nitrogen and oxygen atoms in total. The summed E-state index contributed by atoms with van der Waals surface area (Å²) in [6.07, 6.45) is 3.87. The average Bonchev–Trinajstić information content (AvgIpc) is 2.53. The van der Waals surface area contributed by atoms with E-state index in [1.165, 1.54) is 12.2 Å². The van der Waals surface area contributed by atoms with E-state index in [9.17, 15) is 4.79 Å². The minimum atomic E-state index is -1.97. The number of hydrogen-bond acceptors (Lipinski definition) is 6. The van der Waals surface area contributed by atoms with Gasteiger partial charge in [0, 0.05) is 13.2 Å². The van der Waals surface area contributed by atoms with E-state index in [1.54, 1.807) is 13.2 Å². The van der Waals surface area contributed by atoms with Gasteiger partial charge in [-0.25, -0.2) is 4.79 Å². The number of carbonyl (C=O) groups excluding carboxylic acids is 1. The SMILES string of the molecule is C=CCOC(=O)/C=C/[C@@H](OCOCCOC)[C@H](C)O[Si](C)(C)C(C)(C)C. The van der Waals surface area contributed by atoms with Crippen molar-refractivity contribution in [1.29, 1.82) is 0 Å². The van der Waals surface area contributed by atoms with Crippen molar-refractivity contribution in [2.45, 2.75) is 58.0 Å². The van der Waals surface area contributed by atoms with Gasteiger partial charge < -0.3 is 23.4 Å². The van der Waals surface area contributed by atoms with Crippen molar-refractivity contribution in [3.63, 3.8) is 0 Å². The standard InChI is InChI=1S/C19H36O6Si/c1-9-12-23-18(20)11-10-17(24-15-22-14-13-21-6)16(2)25-26(7,8)19(3,4)5/h9-11,16-17H,1,12-15H2,2-8H3/b11-10+/t16-,17+/m0/s1. The zero-order chi connectivity index (χ0) is 20.2. The Bertz CT molecular complexity index is 442. The Balaban J connectivity index is 4.91. The molecule has 0 heterocycles. The van der Waals surface area contributed by atoms with E-state index in [-0.39, 0.29) is 24.5 Å². The number of ether oxygens (including phenoxy) is 4. The molecule has 0 aliphatic rings. The lowest BCUT2D eigenvalue weighted by Gasteiger charge is -2.39. The largest absolute Gasteiger partial charge is 0.458 e. The van der Waals surface area contributed by atoms with Gasteiger partial charge in [-0.15, -0.1) is 0 Å². The van der Waals surface area contributed by atoms with Gasteiger partial charge >= 0.3 is 5.97 Å². The van der Waals surface area contributed by atoms with Gasteiger partial charge in [0.25, 0.3) is 0 Å². The highest BCUT2D eigenvalue weighted by Gasteiger charge is 2.39. The molecular weight excluding hydrogens is 352 g/mol. The molecule has 0 rings (SSSR count). The Morgan fingerprint density at radius 2 is 1.88 bits per heavy atom. The van der Waals surface area contributed by atoms with Gasteiger partial charge in [-0.05, 0) is 31.1 Å². The van der Waals surface area contributed by atoms with Gasteiger partial charge in [0.1, 0.15) is 19.5 Å². The summed E-state index contributed by atoms with van der Waals surface area (Å²) in [7, 11) is -0.361. The second-order valence-corrected chi connectivity index (χ2v) is 12.3. The molecule has 0 bridgehead atoms. The topological polar surface area (TPSA) is 63.2 Å². The average molecular weight is 389 g/mol. The van der Waals surface area contributed by atoms with E-state index >= 15 is 0 Å². The number of hydrogen-bond donors (Lipinski definition) is 0. The lowest BCUT2D eigenvalue weighted by Crippen LogP contribution is -2.46. The van der Waals surface area contributed by atoms with Crippen LogP contribution in [0.25, 0.3) is 0 Å². The van der Waals surface area contributed by atoms with E-state index < -0.39 is 20.4 Å². The van der Waals surface area contributed by atoms with E-state index in [1.807, 2.05) is 6.92 Å². The van der Waals surface area contributed by atoms with E-state index in [4.69, 9.17) is 23.4 Å². The van der Waals surface area contributed by atoms with Crippen LogP contribution in [0.2, 0.25) is 18.1 Å². The summed E-state index contributed by atoms with van der Waals surface area (Å²) in [5, 5.41) is 0.0768. The van der Waals surface area contributed by atoms with Gasteiger partial charge in [0.05, 0.1) is 19.3 Å². The summed E-state index contributed by atoms with van der Waals surface area (Å²) in [5.74, 6) is -0.446. The highest BCUT2D eigenvalue weighted by atomic mass is 28.4. The van der Waals surface area contributed by atoms with Crippen LogP contribution in [0.3, 0.4) is 0 Å². The maximum absolute atomic E-state index is 11.7. The van der Waals surface area contributed by atoms with E-state index in [2.05, 4.69) is 40.4 Å². The Morgan fingerprint density at radius 1 is 1.23 bits per heavy atom. The third kappa shape index (κ3) is 10.2. The van der Waals surface area contributed by atoms with Crippen LogP contribution < -0.4 is 0 Å². The predicted molar refractivity (Wildman–Crippen MR) is 106 cm³/mol. The fourth-order valence-electron chi connectivity index (χ4n) is 1.75. The number of rotatable bonds is 13. The molecule has 0 unspecified atom stereocenters. The maximum Gasteiger partial charge on any atom is 0.330 e. The van der Waals surface area contributed by atoms with Crippen LogP contribution in [0.15, 0.2) is 24.8 Å². The van der Waals surface area contributed by atoms with Gasteiger partial charge in [0.2, 0.25) is 0 Å². The van der Waals surface area contributed by atoms with Crippen molar-refractivity contribution >= 4 is 14.3 Å². The van der Waals surface area contributed by atoms with Crippen LogP contribution in [0.5, 0.6) is 0 Å². The van der Waals surface area contributed by atoms with Crippen LogP contribution in [0.4, 0.5) is 0 Å². The van der Waals surface area contributed by atoms with Gasteiger partial charge in [0.15, 0.2) is 8.32 Å². The molecule has 0 aromatic carbocycles. The van der Waals surface area contributed by atoms with Gasteiger partial charge in [-0.3, -0.25) is 0 Å². The molecule has 0 aromatic heterocycles. The minimum Gasteiger partial charge on any atom is -0.458 e. The molecule has 0 spiro atoms. The summed E-state index contributed by atoms with van der Waals surface area (Å²) < 4.78 is 27.4. The molecule has 0 aromatic rings. The van der Waals surface area contributed by atoms with Gasteiger partial charge in [-0.1, -0.05) is 33.4 Å². The fraction of sp³-hybridized carbons (Fsp3) is 0.737. The zero-order valence-corrected chi connectivity index (χ0v) is 18.4. The molecule has 0 N–H and O–H groups in total. The van der Waals surface area contributed by atoms with Crippen LogP contribution >= 0.6 is 0 Å². The van der Waals surface area contributed by atoms with Crippen LogP contribution in [0, 0.1) is 0 Å². The van der Waals surface area contributed by atoms with Crippen molar-refractivity contribution in [2.75, 3.05) is 33.7 Å². The molecule has 0 aliphatic heterocycles. The normalized spacial score (nSPS) is 15.0. The monoisotopic (exact) mass is 388 g/mol. The fourth-order valence-corrected chi connectivity index (χ4v) is 3.16. The highest BCUT2D eigenvalue weighted by Crippen LogP contribution is 2.37. The highest BCUT2D eigenvalue weighted by molar-refractivity contribution is 6.74. The summed E-state index contributed by atoms with van der Waals surface area (Å²) in [4.78, 5) is 11.7. The first-order valence-electron chi connectivity index (χ1n) is 8.87. The first kappa shape index (κ1) is 25.0. The number of carbonyl (C=O) groups is 1. The van der Waals surface area contributed by atoms with Crippen molar-refractivity contribution in [3.05, 3.63) is 24.8 Å². The minimum absolute atomic E-state index is 0.0768. The molecule has 0 fully saturated rings. The van der Waals surface area contributed by atoms with Crippen molar-refractivity contribution < 1.29 is 28.2 Å². The Morgan fingerprint density at radius 3 is 2.42 bits per heavy atom. The third-order valence-electron chi connectivity index (χ3n) is 4.29. The molecule has 0 amide bonds. The Hall–Kier alpha value is -0.993. The lowest BCUT2D eigenvalue weighted by molar-refractivity contribution is -0.136. The molecule has 0 aliphatic carbocycles. The molecule has 26 heavy (non-hydrogen) atoms. The van der Waals surface area contributed by atoms with Crippen LogP contribution in [-0.2, 0) is 28.2 Å². The summed E-state index contributed by atoms with van der Waals surface area (Å²) in [6, 6.07) is 0. The van der Waals surface area contributed by atoms with E-state index in [0.717, 1.165) is 0 Å². The molecule has 7 heteroatoms. The predicted octanol–water partition coefficient (Wildman–Crippen LogP) is 3.69. The van der Waals surface area contributed by atoms with E-state index in [0.29, 0.717) is 13.2 Å². The maximum atomic E-state index is 11.7. The molecule has 152 valence electrons. The smallest absolute Gasteiger partial charge is 0.330 e. The Labute approximate surface area is 159 Å². The summed E-state index contributed by atoms with van der Waals surface area (Å²) >= 11 is 0. The number of esters is 1. The van der Waals surface area contributed by atoms with Crippen LogP contribution in [0.1, 0.15) is 27.7 Å². The quantitative estimate of drug-likeness (QED) is 0.120. The first-order valence-corrected chi connectivity index (χ1v) is 11.8. The molecule has 0 radical (unpaired) electrons. The zero-order valence-electron chi connectivity index (χ0n) is 17.4. The molecule has 0 saturated carbocycles. The molecule has 2 atom stereocenters. The van der Waals surface area contributed by atoms with Crippen LogP contribution in [-0.4, -0.2) is 60.2 Å². The third-order valence-corrected chi connectivity index (χ3v) is 8.86. The van der Waals surface area contributed by atoms with Crippen molar-refractivity contribution in [1.82, 2.24) is 0 Å². The second-order valence-electron chi connectivity index (χ2n) is 7.51.